The van der Waals surface area contributed by atoms with Crippen molar-refractivity contribution in [2.75, 3.05) is 0 Å². The Balaban J connectivity index is 2.04. The molecule has 0 aromatic heterocycles. The van der Waals surface area contributed by atoms with E-state index in [1.807, 2.05) is 42.5 Å². The Morgan fingerprint density at radius 1 is 1.04 bits per heavy atom. The summed E-state index contributed by atoms with van der Waals surface area (Å²) in [5, 5.41) is 5.01. The van der Waals surface area contributed by atoms with Gasteiger partial charge in [-0.1, -0.05) is 49.4 Å². The summed E-state index contributed by atoms with van der Waals surface area (Å²) in [6.07, 6.45) is 0.196. The van der Waals surface area contributed by atoms with E-state index in [9.17, 15) is 14.4 Å². The highest BCUT2D eigenvalue weighted by molar-refractivity contribution is 5.88. The minimum atomic E-state index is -0.722. The van der Waals surface area contributed by atoms with Gasteiger partial charge in [-0.2, -0.15) is 0 Å². The summed E-state index contributed by atoms with van der Waals surface area (Å²) in [5.41, 5.74) is 11.5. The number of nitrogens with one attached hydrogen (secondary N) is 1. The topological polar surface area (TPSA) is 115 Å². The van der Waals surface area contributed by atoms with Crippen LogP contribution < -0.4 is 16.8 Å². The molecule has 0 aliphatic heterocycles. The summed E-state index contributed by atoms with van der Waals surface area (Å²) < 4.78 is 0. The predicted octanol–water partition coefficient (Wildman–Crippen LogP) is 1.46. The Hall–Kier alpha value is -2.89. The predicted molar refractivity (Wildman–Crippen MR) is 96.1 cm³/mol. The van der Waals surface area contributed by atoms with Crippen molar-refractivity contribution in [2.45, 2.75) is 26.3 Å². The maximum absolute atomic E-state index is 12.4. The van der Waals surface area contributed by atoms with Gasteiger partial charge in [-0.3, -0.25) is 14.4 Å². The average Bonchev–Trinajstić information content (AvgIpc) is 2.59. The number of nitrogens with two attached hydrogens (primary N) is 2. The fraction of sp³-hybridized carbons (Fsp3) is 0.316. The number of carbonyl (C=O) groups is 3. The molecule has 6 nitrogen and oxygen atoms in total. The van der Waals surface area contributed by atoms with E-state index in [1.165, 1.54) is 0 Å². The Kier molecular flexibility index (Phi) is 6.11. The molecule has 0 aliphatic carbocycles. The van der Waals surface area contributed by atoms with Crippen molar-refractivity contribution >= 4 is 28.5 Å². The van der Waals surface area contributed by atoms with E-state index in [4.69, 9.17) is 11.5 Å². The number of primary amides is 2. The summed E-state index contributed by atoms with van der Waals surface area (Å²) in [4.78, 5) is 34.9. The Labute approximate surface area is 146 Å². The molecule has 0 radical (unpaired) electrons. The molecule has 0 spiro atoms. The number of benzene rings is 2. The van der Waals surface area contributed by atoms with Gasteiger partial charge in [-0.15, -0.1) is 0 Å². The zero-order valence-electron chi connectivity index (χ0n) is 14.2. The highest BCUT2D eigenvalue weighted by Gasteiger charge is 2.28. The van der Waals surface area contributed by atoms with Crippen LogP contribution in [0.1, 0.15) is 25.3 Å². The van der Waals surface area contributed by atoms with Gasteiger partial charge in [0.25, 0.3) is 0 Å². The Morgan fingerprint density at radius 3 is 2.40 bits per heavy atom. The quantitative estimate of drug-likeness (QED) is 0.675. The van der Waals surface area contributed by atoms with Crippen molar-refractivity contribution in [1.82, 2.24) is 5.32 Å². The van der Waals surface area contributed by atoms with E-state index in [0.717, 1.165) is 16.3 Å². The van der Waals surface area contributed by atoms with E-state index < -0.39 is 23.7 Å². The molecule has 0 saturated heterocycles. The number of amides is 3. The van der Waals surface area contributed by atoms with Crippen LogP contribution in [-0.4, -0.2) is 17.7 Å². The molecule has 2 aromatic rings. The SMILES string of the molecule is C[C@H](C(=O)NCc1cccc2ccccc12)C(CCC(N)=O)C(N)=O. The molecule has 2 aromatic carbocycles. The first-order valence-corrected chi connectivity index (χ1v) is 8.22. The first-order chi connectivity index (χ1) is 11.9. The lowest BCUT2D eigenvalue weighted by Crippen LogP contribution is -2.39. The smallest absolute Gasteiger partial charge is 0.223 e. The zero-order valence-corrected chi connectivity index (χ0v) is 14.2. The van der Waals surface area contributed by atoms with Crippen LogP contribution in [-0.2, 0) is 20.9 Å². The second-order valence-corrected chi connectivity index (χ2v) is 6.16. The number of hydrogen-bond acceptors (Lipinski definition) is 3. The molecule has 0 fully saturated rings. The maximum atomic E-state index is 12.4. The summed E-state index contributed by atoms with van der Waals surface area (Å²) >= 11 is 0. The van der Waals surface area contributed by atoms with Crippen LogP contribution in [0.3, 0.4) is 0 Å². The molecule has 6 heteroatoms. The molecule has 2 atom stereocenters. The van der Waals surface area contributed by atoms with E-state index in [1.54, 1.807) is 6.92 Å². The number of rotatable bonds is 8. The van der Waals surface area contributed by atoms with Crippen molar-refractivity contribution in [3.8, 4) is 0 Å². The molecule has 132 valence electrons. The molecule has 1 unspecified atom stereocenters. The monoisotopic (exact) mass is 341 g/mol. The van der Waals surface area contributed by atoms with Crippen LogP contribution in [0.2, 0.25) is 0 Å². The Morgan fingerprint density at radius 2 is 1.72 bits per heavy atom. The lowest BCUT2D eigenvalue weighted by atomic mass is 9.88. The summed E-state index contributed by atoms with van der Waals surface area (Å²) in [7, 11) is 0. The zero-order chi connectivity index (χ0) is 18.4. The van der Waals surface area contributed by atoms with Crippen LogP contribution in [0, 0.1) is 11.8 Å². The molecule has 0 aliphatic rings. The van der Waals surface area contributed by atoms with Crippen molar-refractivity contribution in [2.24, 2.45) is 23.3 Å². The van der Waals surface area contributed by atoms with Crippen molar-refractivity contribution in [1.29, 1.82) is 0 Å². The third-order valence-electron chi connectivity index (χ3n) is 4.42. The fourth-order valence-corrected chi connectivity index (χ4v) is 2.91. The van der Waals surface area contributed by atoms with Crippen molar-refractivity contribution in [3.05, 3.63) is 48.0 Å². The number of fused-ring (bicyclic) bond motifs is 1. The first-order valence-electron chi connectivity index (χ1n) is 8.22. The van der Waals surface area contributed by atoms with Crippen molar-refractivity contribution < 1.29 is 14.4 Å². The minimum absolute atomic E-state index is 0.0224. The summed E-state index contributed by atoms with van der Waals surface area (Å²) in [6, 6.07) is 13.8. The fourth-order valence-electron chi connectivity index (χ4n) is 2.91. The standard InChI is InChI=1S/C19H23N3O3/c1-12(15(18(21)24)9-10-17(20)23)19(25)22-11-14-7-4-6-13-5-2-3-8-16(13)14/h2-8,12,15H,9-11H2,1H3,(H2,20,23)(H2,21,24)(H,22,25)/t12-,15?/m0/s1. The molecular weight excluding hydrogens is 318 g/mol. The third kappa shape index (κ3) is 4.79. The first kappa shape index (κ1) is 18.4. The van der Waals surface area contributed by atoms with E-state index in [0.29, 0.717) is 6.54 Å². The second kappa shape index (κ2) is 8.28. The lowest BCUT2D eigenvalue weighted by molar-refractivity contribution is -0.133. The van der Waals surface area contributed by atoms with Crippen LogP contribution >= 0.6 is 0 Å². The van der Waals surface area contributed by atoms with Crippen molar-refractivity contribution in [3.63, 3.8) is 0 Å². The van der Waals surface area contributed by atoms with Gasteiger partial charge in [0.15, 0.2) is 0 Å². The molecular formula is C19H23N3O3. The lowest BCUT2D eigenvalue weighted by Gasteiger charge is -2.20. The highest BCUT2D eigenvalue weighted by Crippen LogP contribution is 2.20. The highest BCUT2D eigenvalue weighted by atomic mass is 16.2. The van der Waals surface area contributed by atoms with E-state index in [-0.39, 0.29) is 18.7 Å². The molecule has 25 heavy (non-hydrogen) atoms. The van der Waals surface area contributed by atoms with Crippen LogP contribution in [0.4, 0.5) is 0 Å². The van der Waals surface area contributed by atoms with Crippen LogP contribution in [0.5, 0.6) is 0 Å². The summed E-state index contributed by atoms with van der Waals surface area (Å²) in [6.45, 7) is 1.99. The normalized spacial score (nSPS) is 13.2. The molecule has 0 bridgehead atoms. The van der Waals surface area contributed by atoms with Gasteiger partial charge >= 0.3 is 0 Å². The number of carbonyl (C=O) groups excluding carboxylic acids is 3. The molecule has 0 saturated carbocycles. The van der Waals surface area contributed by atoms with Gasteiger partial charge in [0.2, 0.25) is 17.7 Å². The molecule has 0 heterocycles. The molecule has 3 amide bonds. The molecule has 2 rings (SSSR count). The maximum Gasteiger partial charge on any atom is 0.223 e. The average molecular weight is 341 g/mol. The van der Waals surface area contributed by atoms with Gasteiger partial charge in [0.05, 0.1) is 0 Å². The molecule has 5 N–H and O–H groups in total. The Bertz CT molecular complexity index is 783. The van der Waals surface area contributed by atoms with Crippen LogP contribution in [0.15, 0.2) is 42.5 Å². The van der Waals surface area contributed by atoms with Gasteiger partial charge in [0, 0.05) is 24.8 Å². The van der Waals surface area contributed by atoms with E-state index in [2.05, 4.69) is 5.32 Å². The minimum Gasteiger partial charge on any atom is -0.370 e. The van der Waals surface area contributed by atoms with Gasteiger partial charge < -0.3 is 16.8 Å². The largest absolute Gasteiger partial charge is 0.370 e. The van der Waals surface area contributed by atoms with Gasteiger partial charge in [-0.05, 0) is 22.8 Å². The van der Waals surface area contributed by atoms with E-state index >= 15 is 0 Å². The van der Waals surface area contributed by atoms with Gasteiger partial charge in [-0.25, -0.2) is 0 Å². The van der Waals surface area contributed by atoms with Gasteiger partial charge in [0.1, 0.15) is 0 Å². The number of hydrogen-bond donors (Lipinski definition) is 3. The van der Waals surface area contributed by atoms with Crippen LogP contribution in [0.25, 0.3) is 10.8 Å². The summed E-state index contributed by atoms with van der Waals surface area (Å²) in [5.74, 6) is -2.75. The second-order valence-electron chi connectivity index (χ2n) is 6.16. The third-order valence-corrected chi connectivity index (χ3v) is 4.42.